The first-order valence-electron chi connectivity index (χ1n) is 9.83. The third-order valence-corrected chi connectivity index (χ3v) is 5.01. The molecule has 30 heavy (non-hydrogen) atoms. The fourth-order valence-corrected chi connectivity index (χ4v) is 3.43. The molecule has 0 amide bonds. The van der Waals surface area contributed by atoms with Crippen molar-refractivity contribution in [2.24, 2.45) is 0 Å². The van der Waals surface area contributed by atoms with Gasteiger partial charge in [-0.3, -0.25) is 10.1 Å². The van der Waals surface area contributed by atoms with Crippen molar-refractivity contribution in [3.05, 3.63) is 60.9 Å². The number of benzene rings is 1. The van der Waals surface area contributed by atoms with E-state index in [4.69, 9.17) is 9.72 Å². The number of hydrogen-bond donors (Lipinski definition) is 2. The van der Waals surface area contributed by atoms with Gasteiger partial charge in [-0.25, -0.2) is 4.98 Å². The SMILES string of the molecule is CN(C)CCOc1cncc(-c2ccc3[nH]nc(-c4cc5ccccc5[nH]4)c3n2)c1. The highest BCUT2D eigenvalue weighted by Crippen LogP contribution is 2.30. The molecule has 2 N–H and O–H groups in total. The van der Waals surface area contributed by atoms with Crippen molar-refractivity contribution >= 4 is 21.9 Å². The van der Waals surface area contributed by atoms with Crippen molar-refractivity contribution in [3.63, 3.8) is 0 Å². The van der Waals surface area contributed by atoms with Crippen LogP contribution in [0.2, 0.25) is 0 Å². The van der Waals surface area contributed by atoms with Gasteiger partial charge in [-0.05, 0) is 44.4 Å². The molecule has 0 aliphatic rings. The first kappa shape index (κ1) is 18.3. The van der Waals surface area contributed by atoms with Crippen LogP contribution in [0.25, 0.3) is 44.6 Å². The summed E-state index contributed by atoms with van der Waals surface area (Å²) >= 11 is 0. The molecule has 0 aliphatic heterocycles. The molecule has 4 heterocycles. The summed E-state index contributed by atoms with van der Waals surface area (Å²) in [5.74, 6) is 0.735. The maximum Gasteiger partial charge on any atom is 0.138 e. The van der Waals surface area contributed by atoms with Crippen LogP contribution in [0.4, 0.5) is 0 Å². The van der Waals surface area contributed by atoms with E-state index >= 15 is 0 Å². The summed E-state index contributed by atoms with van der Waals surface area (Å²) in [7, 11) is 4.04. The van der Waals surface area contributed by atoms with E-state index in [2.05, 4.69) is 43.3 Å². The summed E-state index contributed by atoms with van der Waals surface area (Å²) < 4.78 is 5.82. The van der Waals surface area contributed by atoms with Gasteiger partial charge in [0.15, 0.2) is 0 Å². The Morgan fingerprint density at radius 2 is 1.90 bits per heavy atom. The first-order valence-corrected chi connectivity index (χ1v) is 9.83. The molecule has 0 spiro atoms. The maximum atomic E-state index is 5.82. The number of H-pyrrole nitrogens is 2. The van der Waals surface area contributed by atoms with Crippen LogP contribution in [0.1, 0.15) is 0 Å². The Kier molecular flexibility index (Phi) is 4.65. The number of likely N-dealkylation sites (N-methyl/N-ethyl adjacent to an activating group) is 1. The van der Waals surface area contributed by atoms with Crippen molar-refractivity contribution in [3.8, 4) is 28.4 Å². The van der Waals surface area contributed by atoms with Gasteiger partial charge in [-0.1, -0.05) is 18.2 Å². The summed E-state index contributed by atoms with van der Waals surface area (Å²) in [4.78, 5) is 14.7. The third-order valence-electron chi connectivity index (χ3n) is 5.01. The van der Waals surface area contributed by atoms with Crippen LogP contribution in [0.5, 0.6) is 5.75 Å². The quantitative estimate of drug-likeness (QED) is 0.450. The zero-order valence-electron chi connectivity index (χ0n) is 16.9. The topological polar surface area (TPSA) is 82.7 Å². The number of aromatic amines is 2. The Bertz CT molecular complexity index is 1290. The van der Waals surface area contributed by atoms with Crippen molar-refractivity contribution in [1.29, 1.82) is 0 Å². The predicted molar refractivity (Wildman–Crippen MR) is 118 cm³/mol. The smallest absolute Gasteiger partial charge is 0.138 e. The summed E-state index contributed by atoms with van der Waals surface area (Å²) in [5.41, 5.74) is 6.25. The lowest BCUT2D eigenvalue weighted by Gasteiger charge is -2.11. The van der Waals surface area contributed by atoms with Gasteiger partial charge in [0.1, 0.15) is 23.6 Å². The van der Waals surface area contributed by atoms with Gasteiger partial charge in [0.2, 0.25) is 0 Å². The highest BCUT2D eigenvalue weighted by molar-refractivity contribution is 5.94. The summed E-state index contributed by atoms with van der Waals surface area (Å²) in [5, 5.41) is 8.73. The molecule has 1 aromatic carbocycles. The average molecular weight is 398 g/mol. The molecule has 5 aromatic rings. The summed E-state index contributed by atoms with van der Waals surface area (Å²) in [6, 6.07) is 16.2. The fraction of sp³-hybridized carbons (Fsp3) is 0.174. The van der Waals surface area contributed by atoms with E-state index in [0.29, 0.717) is 6.61 Å². The zero-order valence-corrected chi connectivity index (χ0v) is 16.9. The number of aromatic nitrogens is 5. The summed E-state index contributed by atoms with van der Waals surface area (Å²) in [6.07, 6.45) is 3.53. The number of fused-ring (bicyclic) bond motifs is 2. The third kappa shape index (κ3) is 3.51. The number of nitrogens with zero attached hydrogens (tertiary/aromatic N) is 4. The van der Waals surface area contributed by atoms with E-state index in [1.165, 1.54) is 0 Å². The van der Waals surface area contributed by atoms with Crippen LogP contribution in [0.15, 0.2) is 60.9 Å². The molecule has 0 unspecified atom stereocenters. The predicted octanol–water partition coefficient (Wildman–Crippen LogP) is 4.11. The molecule has 0 saturated heterocycles. The lowest BCUT2D eigenvalue weighted by Crippen LogP contribution is -2.19. The lowest BCUT2D eigenvalue weighted by atomic mass is 10.1. The van der Waals surface area contributed by atoms with Crippen LogP contribution in [-0.4, -0.2) is 57.3 Å². The molecule has 4 aromatic heterocycles. The number of hydrogen-bond acceptors (Lipinski definition) is 5. The Morgan fingerprint density at radius 3 is 2.77 bits per heavy atom. The van der Waals surface area contributed by atoms with Crippen LogP contribution in [0.3, 0.4) is 0 Å². The fourth-order valence-electron chi connectivity index (χ4n) is 3.43. The molecule has 0 fully saturated rings. The normalized spacial score (nSPS) is 11.6. The molecule has 5 rings (SSSR count). The number of nitrogens with one attached hydrogen (secondary N) is 2. The first-order chi connectivity index (χ1) is 14.7. The molecule has 7 nitrogen and oxygen atoms in total. The minimum atomic E-state index is 0.608. The van der Waals surface area contributed by atoms with Gasteiger partial charge in [-0.15, -0.1) is 0 Å². The molecule has 7 heteroatoms. The van der Waals surface area contributed by atoms with E-state index in [1.807, 2.05) is 44.4 Å². The molecule has 150 valence electrons. The van der Waals surface area contributed by atoms with Crippen LogP contribution in [-0.2, 0) is 0 Å². The van der Waals surface area contributed by atoms with E-state index in [0.717, 1.165) is 56.9 Å². The molecule has 0 saturated carbocycles. The maximum absolute atomic E-state index is 5.82. The molecular formula is C23H22N6O. The molecule has 0 bridgehead atoms. The zero-order chi connectivity index (χ0) is 20.5. The second-order valence-corrected chi connectivity index (χ2v) is 7.50. The Balaban J connectivity index is 1.50. The van der Waals surface area contributed by atoms with Gasteiger partial charge < -0.3 is 14.6 Å². The molecular weight excluding hydrogens is 376 g/mol. The van der Waals surface area contributed by atoms with E-state index in [1.54, 1.807) is 12.4 Å². The standard InChI is InChI=1S/C23H22N6O/c1-29(2)9-10-30-17-11-16(13-24-14-17)19-7-8-20-22(26-19)23(28-27-20)21-12-15-5-3-4-6-18(15)25-21/h3-8,11-14,25H,9-10H2,1-2H3,(H,27,28). The van der Waals surface area contributed by atoms with Crippen molar-refractivity contribution in [2.45, 2.75) is 0 Å². The van der Waals surface area contributed by atoms with Crippen LogP contribution in [0, 0.1) is 0 Å². The van der Waals surface area contributed by atoms with Crippen molar-refractivity contribution < 1.29 is 4.74 Å². The second kappa shape index (κ2) is 7.61. The Labute approximate surface area is 173 Å². The van der Waals surface area contributed by atoms with Gasteiger partial charge in [0, 0.05) is 29.2 Å². The van der Waals surface area contributed by atoms with E-state index in [9.17, 15) is 0 Å². The van der Waals surface area contributed by atoms with E-state index < -0.39 is 0 Å². The van der Waals surface area contributed by atoms with Gasteiger partial charge in [0.25, 0.3) is 0 Å². The number of ether oxygens (including phenoxy) is 1. The number of para-hydroxylation sites is 1. The monoisotopic (exact) mass is 398 g/mol. The number of pyridine rings is 2. The molecule has 0 radical (unpaired) electrons. The second-order valence-electron chi connectivity index (χ2n) is 7.50. The van der Waals surface area contributed by atoms with Gasteiger partial charge in [0.05, 0.1) is 23.1 Å². The molecule has 0 aliphatic carbocycles. The van der Waals surface area contributed by atoms with Crippen molar-refractivity contribution in [2.75, 3.05) is 27.2 Å². The minimum Gasteiger partial charge on any atom is -0.491 e. The minimum absolute atomic E-state index is 0.608. The molecule has 0 atom stereocenters. The van der Waals surface area contributed by atoms with Crippen molar-refractivity contribution in [1.82, 2.24) is 30.0 Å². The average Bonchev–Trinajstić information content (AvgIpc) is 3.37. The van der Waals surface area contributed by atoms with E-state index in [-0.39, 0.29) is 0 Å². The van der Waals surface area contributed by atoms with Gasteiger partial charge >= 0.3 is 0 Å². The largest absolute Gasteiger partial charge is 0.491 e. The Morgan fingerprint density at radius 1 is 1.00 bits per heavy atom. The van der Waals surface area contributed by atoms with Gasteiger partial charge in [-0.2, -0.15) is 5.10 Å². The number of rotatable bonds is 6. The highest BCUT2D eigenvalue weighted by atomic mass is 16.5. The van der Waals surface area contributed by atoms with Crippen LogP contribution < -0.4 is 4.74 Å². The highest BCUT2D eigenvalue weighted by Gasteiger charge is 2.14. The van der Waals surface area contributed by atoms with Crippen LogP contribution >= 0.6 is 0 Å². The summed E-state index contributed by atoms with van der Waals surface area (Å²) in [6.45, 7) is 1.45. The Hall–Kier alpha value is -3.71. The lowest BCUT2D eigenvalue weighted by molar-refractivity contribution is 0.261.